The third kappa shape index (κ3) is 8.86. The van der Waals surface area contributed by atoms with E-state index in [4.69, 9.17) is 9.73 Å². The van der Waals surface area contributed by atoms with Gasteiger partial charge in [-0.1, -0.05) is 30.9 Å². The highest BCUT2D eigenvalue weighted by molar-refractivity contribution is 6.08. The first-order chi connectivity index (χ1) is 18.5. The lowest BCUT2D eigenvalue weighted by Crippen LogP contribution is -2.40. The van der Waals surface area contributed by atoms with Gasteiger partial charge in [-0.3, -0.25) is 15.1 Å². The Hall–Kier alpha value is -3.40. The van der Waals surface area contributed by atoms with Gasteiger partial charge in [0, 0.05) is 61.6 Å². The molecule has 1 saturated heterocycles. The number of pyridine rings is 1. The van der Waals surface area contributed by atoms with Crippen LogP contribution >= 0.6 is 0 Å². The number of aromatic amines is 1. The third-order valence-corrected chi connectivity index (χ3v) is 6.38. The lowest BCUT2D eigenvalue weighted by Gasteiger charge is -2.29. The number of methoxy groups -OCH3 is 1. The number of amidine groups is 1. The Morgan fingerprint density at radius 3 is 2.84 bits per heavy atom. The standard InChI is InChI=1S/C29H42N8O/c1-6-8-14-32-29(34-22(3)13-18-38-5)27-26-19-24(21-33-28(26)36-35-27)23(20-30-7-2)10-9-15-31-25-11-16-37(4)17-12-25/h6-10,19-21,25,31H,3,11-18H2,1-2,4-5H3,(H,32,34)(H,33,35,36)/b8-6-,10-9+,23-20+,30-7?. The number of rotatable bonds is 13. The molecule has 0 amide bonds. The zero-order valence-corrected chi connectivity index (χ0v) is 23.2. The molecule has 9 heteroatoms. The van der Waals surface area contributed by atoms with E-state index in [-0.39, 0.29) is 0 Å². The fourth-order valence-electron chi connectivity index (χ4n) is 4.13. The molecule has 0 atom stereocenters. The number of fused-ring (bicyclic) bond motifs is 1. The number of hydrogen-bond donors (Lipinski definition) is 3. The van der Waals surface area contributed by atoms with Gasteiger partial charge < -0.3 is 20.3 Å². The van der Waals surface area contributed by atoms with Crippen molar-refractivity contribution in [1.29, 1.82) is 0 Å². The topological polar surface area (TPSA) is 103 Å². The van der Waals surface area contributed by atoms with Gasteiger partial charge in [-0.15, -0.1) is 0 Å². The van der Waals surface area contributed by atoms with E-state index in [9.17, 15) is 0 Å². The van der Waals surface area contributed by atoms with E-state index >= 15 is 0 Å². The SMILES string of the molecule is C=C(CCOC)NC(=NC/C=C\C)c1[nH]nc2ncc(C(/C=C/CNC3CCN(C)CC3)=C/N=CC)cc12. The van der Waals surface area contributed by atoms with Crippen LogP contribution in [0.5, 0.6) is 0 Å². The highest BCUT2D eigenvalue weighted by Gasteiger charge is 2.16. The van der Waals surface area contributed by atoms with E-state index in [1.807, 2.05) is 38.4 Å². The number of nitrogens with one attached hydrogen (secondary N) is 3. The van der Waals surface area contributed by atoms with Crippen LogP contribution in [0.4, 0.5) is 0 Å². The Balaban J connectivity index is 1.84. The van der Waals surface area contributed by atoms with Gasteiger partial charge in [0.15, 0.2) is 11.5 Å². The van der Waals surface area contributed by atoms with Gasteiger partial charge >= 0.3 is 0 Å². The van der Waals surface area contributed by atoms with Crippen molar-refractivity contribution in [2.75, 3.05) is 46.9 Å². The van der Waals surface area contributed by atoms with Gasteiger partial charge in [-0.05, 0) is 52.9 Å². The molecule has 38 heavy (non-hydrogen) atoms. The molecule has 204 valence electrons. The average Bonchev–Trinajstić information content (AvgIpc) is 3.35. The summed E-state index contributed by atoms with van der Waals surface area (Å²) in [5.41, 5.74) is 4.13. The molecule has 0 saturated carbocycles. The average molecular weight is 519 g/mol. The molecular weight excluding hydrogens is 476 g/mol. The van der Waals surface area contributed by atoms with Crippen molar-refractivity contribution in [3.8, 4) is 0 Å². The zero-order valence-electron chi connectivity index (χ0n) is 23.2. The molecule has 1 aliphatic rings. The van der Waals surface area contributed by atoms with E-state index in [2.05, 4.69) is 67.6 Å². The van der Waals surface area contributed by atoms with E-state index < -0.39 is 0 Å². The van der Waals surface area contributed by atoms with Crippen LogP contribution in [0.15, 0.2) is 65.0 Å². The number of ether oxygens (including phenoxy) is 1. The minimum Gasteiger partial charge on any atom is -0.384 e. The first kappa shape index (κ1) is 29.2. The van der Waals surface area contributed by atoms with Crippen molar-refractivity contribution in [2.24, 2.45) is 9.98 Å². The summed E-state index contributed by atoms with van der Waals surface area (Å²) in [5.74, 6) is 0.667. The second kappa shape index (κ2) is 15.8. The van der Waals surface area contributed by atoms with Crippen LogP contribution in [0.3, 0.4) is 0 Å². The van der Waals surface area contributed by atoms with Crippen molar-refractivity contribution in [3.63, 3.8) is 0 Å². The van der Waals surface area contributed by atoms with Gasteiger partial charge in [0.1, 0.15) is 5.69 Å². The van der Waals surface area contributed by atoms with E-state index in [0.717, 1.165) is 47.5 Å². The highest BCUT2D eigenvalue weighted by atomic mass is 16.5. The van der Waals surface area contributed by atoms with Crippen molar-refractivity contribution < 1.29 is 4.74 Å². The number of allylic oxidation sites excluding steroid dienone is 3. The molecule has 9 nitrogen and oxygen atoms in total. The summed E-state index contributed by atoms with van der Waals surface area (Å²) in [7, 11) is 3.86. The van der Waals surface area contributed by atoms with Gasteiger partial charge in [0.2, 0.25) is 0 Å². The van der Waals surface area contributed by atoms with E-state index in [1.165, 1.54) is 12.8 Å². The molecule has 1 aliphatic heterocycles. The fourth-order valence-corrected chi connectivity index (χ4v) is 4.13. The third-order valence-electron chi connectivity index (χ3n) is 6.38. The highest BCUT2D eigenvalue weighted by Crippen LogP contribution is 2.22. The number of hydrogen-bond acceptors (Lipinski definition) is 7. The first-order valence-electron chi connectivity index (χ1n) is 13.3. The summed E-state index contributed by atoms with van der Waals surface area (Å²) in [5, 5.41) is 15.4. The van der Waals surface area contributed by atoms with Gasteiger partial charge in [-0.2, -0.15) is 5.10 Å². The molecule has 3 heterocycles. The second-order valence-corrected chi connectivity index (χ2v) is 9.30. The number of aromatic nitrogens is 3. The maximum atomic E-state index is 5.19. The molecular formula is C29H42N8O. The minimum atomic E-state index is 0.535. The number of nitrogens with zero attached hydrogens (tertiary/aromatic N) is 5. The maximum Gasteiger partial charge on any atom is 0.181 e. The van der Waals surface area contributed by atoms with Crippen molar-refractivity contribution in [1.82, 2.24) is 30.7 Å². The number of likely N-dealkylation sites (tertiary alicyclic amines) is 1. The number of H-pyrrole nitrogens is 1. The fraction of sp³-hybridized carbons (Fsp3) is 0.448. The Morgan fingerprint density at radius 2 is 2.11 bits per heavy atom. The molecule has 0 unspecified atom stereocenters. The van der Waals surface area contributed by atoms with Crippen LogP contribution in [0, 0.1) is 0 Å². The second-order valence-electron chi connectivity index (χ2n) is 9.30. The Bertz CT molecular complexity index is 1180. The smallest absolute Gasteiger partial charge is 0.181 e. The van der Waals surface area contributed by atoms with Gasteiger partial charge in [-0.25, -0.2) is 4.98 Å². The molecule has 3 rings (SSSR count). The van der Waals surface area contributed by atoms with Crippen LogP contribution in [-0.2, 0) is 4.74 Å². The number of piperidine rings is 1. The predicted octanol–water partition coefficient (Wildman–Crippen LogP) is 4.09. The summed E-state index contributed by atoms with van der Waals surface area (Å²) >= 11 is 0. The van der Waals surface area contributed by atoms with Crippen LogP contribution < -0.4 is 10.6 Å². The molecule has 0 aromatic carbocycles. The van der Waals surface area contributed by atoms with Crippen LogP contribution in [0.1, 0.15) is 44.4 Å². The van der Waals surface area contributed by atoms with Crippen LogP contribution in [0.2, 0.25) is 0 Å². The van der Waals surface area contributed by atoms with E-state index in [0.29, 0.717) is 37.1 Å². The Morgan fingerprint density at radius 1 is 1.29 bits per heavy atom. The quantitative estimate of drug-likeness (QED) is 0.160. The summed E-state index contributed by atoms with van der Waals surface area (Å²) in [6.45, 7) is 12.2. The molecule has 0 bridgehead atoms. The maximum absolute atomic E-state index is 5.19. The van der Waals surface area contributed by atoms with Crippen molar-refractivity contribution in [2.45, 2.75) is 39.2 Å². The Labute approximate surface area is 226 Å². The number of aliphatic imine (C=N–C) groups is 2. The summed E-state index contributed by atoms with van der Waals surface area (Å²) in [6.07, 6.45) is 16.7. The van der Waals surface area contributed by atoms with Crippen molar-refractivity contribution in [3.05, 3.63) is 66.3 Å². The monoisotopic (exact) mass is 518 g/mol. The van der Waals surface area contributed by atoms with E-state index in [1.54, 1.807) is 13.3 Å². The minimum absolute atomic E-state index is 0.535. The first-order valence-corrected chi connectivity index (χ1v) is 13.3. The Kier molecular flexibility index (Phi) is 12.1. The molecule has 0 radical (unpaired) electrons. The molecule has 2 aromatic rings. The molecule has 0 spiro atoms. The molecule has 0 aliphatic carbocycles. The molecule has 1 fully saturated rings. The largest absolute Gasteiger partial charge is 0.384 e. The molecule has 3 N–H and O–H groups in total. The lowest BCUT2D eigenvalue weighted by atomic mass is 10.1. The normalized spacial score (nSPS) is 16.5. The van der Waals surface area contributed by atoms with Gasteiger partial charge in [0.25, 0.3) is 0 Å². The molecule has 2 aromatic heterocycles. The van der Waals surface area contributed by atoms with Crippen molar-refractivity contribution >= 4 is 28.7 Å². The summed E-state index contributed by atoms with van der Waals surface area (Å²) < 4.78 is 5.19. The van der Waals surface area contributed by atoms with Gasteiger partial charge in [0.05, 0.1) is 18.5 Å². The summed E-state index contributed by atoms with van der Waals surface area (Å²) in [4.78, 5) is 16.1. The zero-order chi connectivity index (χ0) is 27.2. The predicted molar refractivity (Wildman–Crippen MR) is 159 cm³/mol. The lowest BCUT2D eigenvalue weighted by molar-refractivity contribution is 0.201. The summed E-state index contributed by atoms with van der Waals surface area (Å²) in [6, 6.07) is 2.65. The van der Waals surface area contributed by atoms with Crippen LogP contribution in [0.25, 0.3) is 16.6 Å². The van der Waals surface area contributed by atoms with Crippen LogP contribution in [-0.4, -0.2) is 85.1 Å².